The second-order valence-corrected chi connectivity index (χ2v) is 7.89. The third-order valence-corrected chi connectivity index (χ3v) is 5.81. The quantitative estimate of drug-likeness (QED) is 0.281. The molecule has 3 aromatic rings. The third kappa shape index (κ3) is 4.47. The molecule has 0 spiro atoms. The predicted octanol–water partition coefficient (Wildman–Crippen LogP) is 2.05. The summed E-state index contributed by atoms with van der Waals surface area (Å²) in [7, 11) is 0. The van der Waals surface area contributed by atoms with Crippen LogP contribution in [0.1, 0.15) is 47.9 Å². The van der Waals surface area contributed by atoms with Gasteiger partial charge in [-0.1, -0.05) is 18.7 Å². The first-order valence-corrected chi connectivity index (χ1v) is 11.3. The number of H-pyrrole nitrogens is 1. The van der Waals surface area contributed by atoms with Crippen molar-refractivity contribution < 1.29 is 14.3 Å². The van der Waals surface area contributed by atoms with Crippen LogP contribution in [-0.4, -0.2) is 43.2 Å². The number of nitrogens with one attached hydrogen (secondary N) is 1. The van der Waals surface area contributed by atoms with E-state index in [0.717, 1.165) is 17.3 Å². The first-order chi connectivity index (χ1) is 15.3. The molecule has 0 aliphatic heterocycles. The minimum atomic E-state index is -0.798. The summed E-state index contributed by atoms with van der Waals surface area (Å²) < 4.78 is 8.14. The number of carbonyl (C=O) groups is 2. The smallest absolute Gasteiger partial charge is 0.338 e. The number of ether oxygens (including phenoxy) is 1. The van der Waals surface area contributed by atoms with Gasteiger partial charge < -0.3 is 15.0 Å². The van der Waals surface area contributed by atoms with E-state index in [1.54, 1.807) is 25.1 Å². The number of carbonyl (C=O) groups excluding carboxylic acids is 2. The second-order valence-electron chi connectivity index (χ2n) is 6.95. The monoisotopic (exact) mass is 459 g/mol. The van der Waals surface area contributed by atoms with Gasteiger partial charge in [0.05, 0.1) is 29.0 Å². The molecule has 0 amide bonds. The van der Waals surface area contributed by atoms with E-state index >= 15 is 0 Å². The summed E-state index contributed by atoms with van der Waals surface area (Å²) >= 11 is 1.16. The summed E-state index contributed by atoms with van der Waals surface area (Å²) in [6.07, 6.45) is 0.618. The number of benzene rings is 1. The number of anilines is 1. The number of aromatic nitrogens is 4. The lowest BCUT2D eigenvalue weighted by Crippen LogP contribution is -2.36. The van der Waals surface area contributed by atoms with Crippen LogP contribution in [0.5, 0.6) is 0 Å². The van der Waals surface area contributed by atoms with Gasteiger partial charge in [0.25, 0.3) is 5.56 Å². The van der Waals surface area contributed by atoms with Crippen molar-refractivity contribution in [2.45, 2.75) is 45.4 Å². The Morgan fingerprint density at radius 1 is 1.19 bits per heavy atom. The van der Waals surface area contributed by atoms with Crippen molar-refractivity contribution in [2.24, 2.45) is 0 Å². The van der Waals surface area contributed by atoms with Crippen molar-refractivity contribution in [3.8, 4) is 0 Å². The number of nitrogen functional groups attached to an aromatic ring is 1. The summed E-state index contributed by atoms with van der Waals surface area (Å²) in [6, 6.07) is 5.10. The molecule has 11 heteroatoms. The molecule has 0 saturated heterocycles. The molecule has 3 rings (SSSR count). The molecule has 10 nitrogen and oxygen atoms in total. The molecule has 0 aliphatic rings. The average molecular weight is 460 g/mol. The van der Waals surface area contributed by atoms with Crippen LogP contribution in [0.4, 0.5) is 5.82 Å². The van der Waals surface area contributed by atoms with Crippen LogP contribution in [0.2, 0.25) is 0 Å². The highest BCUT2D eigenvalue weighted by Crippen LogP contribution is 2.26. The van der Waals surface area contributed by atoms with Gasteiger partial charge >= 0.3 is 11.7 Å². The topological polar surface area (TPSA) is 142 Å². The maximum Gasteiger partial charge on any atom is 0.338 e. The zero-order chi connectivity index (χ0) is 23.4. The Morgan fingerprint density at radius 2 is 1.94 bits per heavy atom. The number of nitrogens with two attached hydrogens (primary N) is 1. The van der Waals surface area contributed by atoms with E-state index in [9.17, 15) is 19.2 Å². The SMILES string of the molecule is CCCn1c(N)c(C(=O)CSc2nc3cc(C(=O)OCC)ccc3n2CC)c(=O)[nH]c1=O. The second kappa shape index (κ2) is 9.86. The van der Waals surface area contributed by atoms with Crippen molar-refractivity contribution in [3.05, 3.63) is 50.2 Å². The van der Waals surface area contributed by atoms with E-state index in [0.29, 0.717) is 35.7 Å². The van der Waals surface area contributed by atoms with Gasteiger partial charge in [0.2, 0.25) is 0 Å². The van der Waals surface area contributed by atoms with Crippen LogP contribution in [0, 0.1) is 0 Å². The van der Waals surface area contributed by atoms with Crippen LogP contribution in [0.3, 0.4) is 0 Å². The molecular formula is C21H25N5O5S. The molecule has 170 valence electrons. The normalized spacial score (nSPS) is 11.1. The summed E-state index contributed by atoms with van der Waals surface area (Å²) in [6.45, 7) is 6.70. The zero-order valence-electron chi connectivity index (χ0n) is 18.1. The standard InChI is InChI=1S/C21H25N5O5S/c1-4-9-26-17(22)16(18(28)24-20(26)30)15(27)11-32-21-23-13-10-12(19(29)31-6-3)7-8-14(13)25(21)5-2/h7-8,10H,4-6,9,11,22H2,1-3H3,(H,24,28,30). The fourth-order valence-corrected chi connectivity index (χ4v) is 4.32. The van der Waals surface area contributed by atoms with E-state index in [4.69, 9.17) is 10.5 Å². The highest BCUT2D eigenvalue weighted by Gasteiger charge is 2.21. The molecule has 2 aromatic heterocycles. The number of thioether (sulfide) groups is 1. The number of imidazole rings is 1. The number of aromatic amines is 1. The first-order valence-electron chi connectivity index (χ1n) is 10.3. The summed E-state index contributed by atoms with van der Waals surface area (Å²) in [4.78, 5) is 55.8. The van der Waals surface area contributed by atoms with E-state index in [-0.39, 0.29) is 23.7 Å². The number of ketones is 1. The van der Waals surface area contributed by atoms with E-state index in [2.05, 4.69) is 9.97 Å². The van der Waals surface area contributed by atoms with Crippen LogP contribution in [0.15, 0.2) is 32.9 Å². The molecule has 0 aliphatic carbocycles. The van der Waals surface area contributed by atoms with Crippen molar-refractivity contribution in [1.29, 1.82) is 0 Å². The van der Waals surface area contributed by atoms with Crippen molar-refractivity contribution in [3.63, 3.8) is 0 Å². The van der Waals surface area contributed by atoms with Gasteiger partial charge in [0.1, 0.15) is 11.4 Å². The largest absolute Gasteiger partial charge is 0.462 e. The number of Topliss-reactive ketones (excluding diaryl/α,β-unsaturated/α-hetero) is 1. The fraction of sp³-hybridized carbons (Fsp3) is 0.381. The van der Waals surface area contributed by atoms with Crippen molar-refractivity contribution in [2.75, 3.05) is 18.1 Å². The number of hydrogen-bond acceptors (Lipinski definition) is 8. The van der Waals surface area contributed by atoms with Gasteiger partial charge in [-0.15, -0.1) is 0 Å². The van der Waals surface area contributed by atoms with Crippen LogP contribution >= 0.6 is 11.8 Å². The predicted molar refractivity (Wildman–Crippen MR) is 122 cm³/mol. The van der Waals surface area contributed by atoms with E-state index in [1.165, 1.54) is 4.57 Å². The Balaban J connectivity index is 1.90. The van der Waals surface area contributed by atoms with Crippen LogP contribution in [-0.2, 0) is 17.8 Å². The Bertz CT molecular complexity index is 1290. The lowest BCUT2D eigenvalue weighted by atomic mass is 10.2. The van der Waals surface area contributed by atoms with Crippen LogP contribution in [0.25, 0.3) is 11.0 Å². The Kier molecular flexibility index (Phi) is 7.18. The van der Waals surface area contributed by atoms with E-state index < -0.39 is 23.0 Å². The number of hydrogen-bond donors (Lipinski definition) is 2. The summed E-state index contributed by atoms with van der Waals surface area (Å²) in [5, 5.41) is 0.564. The Labute approximate surface area is 187 Å². The van der Waals surface area contributed by atoms with Crippen molar-refractivity contribution in [1.82, 2.24) is 19.1 Å². The van der Waals surface area contributed by atoms with Gasteiger partial charge in [0.15, 0.2) is 10.9 Å². The van der Waals surface area contributed by atoms with E-state index in [1.807, 2.05) is 18.4 Å². The molecule has 0 bridgehead atoms. The molecule has 3 N–H and O–H groups in total. The third-order valence-electron chi connectivity index (χ3n) is 4.84. The van der Waals surface area contributed by atoms with Gasteiger partial charge in [-0.2, -0.15) is 0 Å². The number of aryl methyl sites for hydroxylation is 1. The number of nitrogens with zero attached hydrogens (tertiary/aromatic N) is 3. The molecule has 0 fully saturated rings. The summed E-state index contributed by atoms with van der Waals surface area (Å²) in [5.74, 6) is -1.15. The van der Waals surface area contributed by atoms with Crippen LogP contribution < -0.4 is 17.0 Å². The highest BCUT2D eigenvalue weighted by molar-refractivity contribution is 7.99. The molecule has 2 heterocycles. The number of esters is 1. The number of rotatable bonds is 9. The molecule has 32 heavy (non-hydrogen) atoms. The minimum Gasteiger partial charge on any atom is -0.462 e. The Morgan fingerprint density at radius 3 is 2.59 bits per heavy atom. The lowest BCUT2D eigenvalue weighted by Gasteiger charge is -2.11. The first kappa shape index (κ1) is 23.3. The maximum atomic E-state index is 12.8. The molecule has 0 atom stereocenters. The maximum absolute atomic E-state index is 12.8. The average Bonchev–Trinajstić information content (AvgIpc) is 3.11. The molecular weight excluding hydrogens is 434 g/mol. The Hall–Kier alpha value is -3.34. The van der Waals surface area contributed by atoms with Gasteiger partial charge in [-0.05, 0) is 38.5 Å². The zero-order valence-corrected chi connectivity index (χ0v) is 19.0. The molecule has 0 radical (unpaired) electrons. The minimum absolute atomic E-state index is 0.0916. The number of fused-ring (bicyclic) bond motifs is 1. The van der Waals surface area contributed by atoms with Gasteiger partial charge in [-0.3, -0.25) is 19.1 Å². The molecule has 1 aromatic carbocycles. The molecule has 0 unspecified atom stereocenters. The van der Waals surface area contributed by atoms with Gasteiger partial charge in [-0.25, -0.2) is 14.6 Å². The lowest BCUT2D eigenvalue weighted by molar-refractivity contribution is 0.0526. The summed E-state index contributed by atoms with van der Waals surface area (Å²) in [5.41, 5.74) is 6.12. The molecule has 0 saturated carbocycles. The van der Waals surface area contributed by atoms with Gasteiger partial charge in [0, 0.05) is 13.1 Å². The highest BCUT2D eigenvalue weighted by atomic mass is 32.2. The van der Waals surface area contributed by atoms with Crippen molar-refractivity contribution >= 4 is 40.4 Å². The fourth-order valence-electron chi connectivity index (χ4n) is 3.37.